The first-order valence-corrected chi connectivity index (χ1v) is 7.82. The molecule has 2 fully saturated rings. The predicted octanol–water partition coefficient (Wildman–Crippen LogP) is 3.82. The Morgan fingerprint density at radius 2 is 1.62 bits per heavy atom. The van der Waals surface area contributed by atoms with Crippen molar-refractivity contribution in [2.24, 2.45) is 10.8 Å². The molecule has 1 aliphatic carbocycles. The van der Waals surface area contributed by atoms with Crippen molar-refractivity contribution in [3.8, 4) is 0 Å². The number of piperidine rings is 1. The van der Waals surface area contributed by atoms with Gasteiger partial charge in [-0.15, -0.1) is 0 Å². The van der Waals surface area contributed by atoms with Gasteiger partial charge in [0.05, 0.1) is 6.54 Å². The molecule has 1 saturated carbocycles. The Labute approximate surface area is 126 Å². The van der Waals surface area contributed by atoms with E-state index in [1.807, 2.05) is 0 Å². The van der Waals surface area contributed by atoms with Crippen LogP contribution in [-0.4, -0.2) is 41.8 Å². The van der Waals surface area contributed by atoms with E-state index in [4.69, 9.17) is 0 Å². The van der Waals surface area contributed by atoms with E-state index in [1.165, 1.54) is 0 Å². The Balaban J connectivity index is 2.06. The minimum Gasteiger partial charge on any atom is -0.308 e. The van der Waals surface area contributed by atoms with Crippen LogP contribution in [-0.2, 0) is 0 Å². The second-order valence-electron chi connectivity index (χ2n) is 8.97. The third kappa shape index (κ3) is 3.55. The summed E-state index contributed by atoms with van der Waals surface area (Å²) in [6.07, 6.45) is -2.09. The zero-order chi connectivity index (χ0) is 16.3. The fourth-order valence-corrected chi connectivity index (χ4v) is 4.01. The van der Waals surface area contributed by atoms with Crippen LogP contribution < -0.4 is 5.32 Å². The molecule has 2 rings (SSSR count). The molecule has 0 aromatic heterocycles. The van der Waals surface area contributed by atoms with E-state index in [1.54, 1.807) is 0 Å². The van der Waals surface area contributed by atoms with E-state index in [2.05, 4.69) is 51.8 Å². The highest BCUT2D eigenvalue weighted by atomic mass is 19.4. The molecule has 3 atom stereocenters. The maximum absolute atomic E-state index is 12.3. The lowest BCUT2D eigenvalue weighted by molar-refractivity contribution is -0.125. The lowest BCUT2D eigenvalue weighted by Crippen LogP contribution is -2.51. The first-order chi connectivity index (χ1) is 9.26. The van der Waals surface area contributed by atoms with Gasteiger partial charge in [0.25, 0.3) is 0 Å². The molecule has 0 radical (unpaired) electrons. The Morgan fingerprint density at radius 1 is 1.05 bits per heavy atom. The van der Waals surface area contributed by atoms with Crippen LogP contribution in [0.3, 0.4) is 0 Å². The largest absolute Gasteiger partial charge is 0.401 e. The van der Waals surface area contributed by atoms with Crippen molar-refractivity contribution in [1.29, 1.82) is 0 Å². The zero-order valence-electron chi connectivity index (χ0n) is 14.1. The van der Waals surface area contributed by atoms with Crippen molar-refractivity contribution < 1.29 is 13.2 Å². The Kier molecular flexibility index (Phi) is 3.94. The van der Waals surface area contributed by atoms with Crippen LogP contribution in [0.4, 0.5) is 13.2 Å². The van der Waals surface area contributed by atoms with Gasteiger partial charge in [-0.25, -0.2) is 0 Å². The summed E-state index contributed by atoms with van der Waals surface area (Å²) in [5.41, 5.74) is 0.263. The SMILES string of the molecule is CC(C)(C)[C@@H]1C[C@@]2(CNCC(F)(F)F)C[C@H]2N1C(C)(C)C. The molecule has 0 bridgehead atoms. The average molecular weight is 306 g/mol. The lowest BCUT2D eigenvalue weighted by atomic mass is 9.80. The van der Waals surface area contributed by atoms with Gasteiger partial charge < -0.3 is 5.32 Å². The number of hydrogen-bond donors (Lipinski definition) is 1. The minimum atomic E-state index is -4.12. The van der Waals surface area contributed by atoms with Gasteiger partial charge in [-0.3, -0.25) is 4.90 Å². The molecule has 0 unspecified atom stereocenters. The number of fused-ring (bicyclic) bond motifs is 1. The molecule has 0 amide bonds. The number of nitrogens with zero attached hydrogens (tertiary/aromatic N) is 1. The summed E-state index contributed by atoms with van der Waals surface area (Å²) in [5.74, 6) is 0. The number of hydrogen-bond acceptors (Lipinski definition) is 2. The number of nitrogens with one attached hydrogen (secondary N) is 1. The van der Waals surface area contributed by atoms with Gasteiger partial charge in [-0.05, 0) is 39.0 Å². The standard InChI is InChI=1S/C16H29F3N2/c1-13(2,3)11-7-15(9-20-10-16(17,18)19)8-12(15)21(11)14(4,5)6/h11-12,20H,7-10H2,1-6H3/t11-,12+,15-/m0/s1. The van der Waals surface area contributed by atoms with Gasteiger partial charge in [0.15, 0.2) is 0 Å². The van der Waals surface area contributed by atoms with Gasteiger partial charge in [0.2, 0.25) is 0 Å². The number of alkyl halides is 3. The van der Waals surface area contributed by atoms with Crippen molar-refractivity contribution in [3.05, 3.63) is 0 Å². The van der Waals surface area contributed by atoms with Gasteiger partial charge in [-0.2, -0.15) is 13.2 Å². The van der Waals surface area contributed by atoms with E-state index in [9.17, 15) is 13.2 Å². The maximum Gasteiger partial charge on any atom is 0.401 e. The van der Waals surface area contributed by atoms with E-state index < -0.39 is 12.7 Å². The molecule has 5 heteroatoms. The maximum atomic E-state index is 12.3. The molecule has 1 aliphatic heterocycles. The second kappa shape index (κ2) is 4.85. The monoisotopic (exact) mass is 306 g/mol. The summed E-state index contributed by atoms with van der Waals surface area (Å²) in [7, 11) is 0. The van der Waals surface area contributed by atoms with Crippen LogP contribution in [0.5, 0.6) is 0 Å². The molecular formula is C16H29F3N2. The van der Waals surface area contributed by atoms with E-state index >= 15 is 0 Å². The summed E-state index contributed by atoms with van der Waals surface area (Å²) in [6, 6.07) is 0.867. The zero-order valence-corrected chi connectivity index (χ0v) is 14.1. The van der Waals surface area contributed by atoms with E-state index in [-0.39, 0.29) is 16.4 Å². The molecule has 0 aromatic carbocycles. The third-order valence-electron chi connectivity index (χ3n) is 4.99. The normalized spacial score (nSPS) is 34.1. The molecule has 0 aromatic rings. The minimum absolute atomic E-state index is 0.0521. The van der Waals surface area contributed by atoms with Gasteiger partial charge in [0, 0.05) is 29.6 Å². The van der Waals surface area contributed by atoms with Crippen LogP contribution in [0.1, 0.15) is 54.4 Å². The highest BCUT2D eigenvalue weighted by Crippen LogP contribution is 2.63. The van der Waals surface area contributed by atoms with Crippen molar-refractivity contribution in [3.63, 3.8) is 0 Å². The topological polar surface area (TPSA) is 15.3 Å². The highest BCUT2D eigenvalue weighted by molar-refractivity contribution is 5.21. The fraction of sp³-hybridized carbons (Fsp3) is 1.00. The lowest BCUT2D eigenvalue weighted by Gasteiger charge is -2.45. The van der Waals surface area contributed by atoms with E-state index in [0.29, 0.717) is 18.6 Å². The number of likely N-dealkylation sites (tertiary alicyclic amines) is 1. The molecule has 1 N–H and O–H groups in total. The van der Waals surface area contributed by atoms with Crippen LogP contribution in [0.2, 0.25) is 0 Å². The van der Waals surface area contributed by atoms with Crippen molar-refractivity contribution in [1.82, 2.24) is 10.2 Å². The van der Waals surface area contributed by atoms with Gasteiger partial charge in [0.1, 0.15) is 0 Å². The van der Waals surface area contributed by atoms with Crippen molar-refractivity contribution in [2.75, 3.05) is 13.1 Å². The molecule has 2 aliphatic rings. The van der Waals surface area contributed by atoms with Crippen LogP contribution in [0, 0.1) is 10.8 Å². The second-order valence-corrected chi connectivity index (χ2v) is 8.97. The molecular weight excluding hydrogens is 277 g/mol. The fourth-order valence-electron chi connectivity index (χ4n) is 4.01. The van der Waals surface area contributed by atoms with Crippen molar-refractivity contribution >= 4 is 0 Å². The molecule has 124 valence electrons. The summed E-state index contributed by atoms with van der Waals surface area (Å²) >= 11 is 0. The Hall–Kier alpha value is -0.290. The molecule has 0 spiro atoms. The summed E-state index contributed by atoms with van der Waals surface area (Å²) < 4.78 is 37.0. The molecule has 21 heavy (non-hydrogen) atoms. The predicted molar refractivity (Wildman–Crippen MR) is 79.2 cm³/mol. The molecule has 1 heterocycles. The highest BCUT2D eigenvalue weighted by Gasteiger charge is 2.67. The van der Waals surface area contributed by atoms with Crippen LogP contribution in [0.15, 0.2) is 0 Å². The Morgan fingerprint density at radius 3 is 2.00 bits per heavy atom. The van der Waals surface area contributed by atoms with Crippen LogP contribution in [0.25, 0.3) is 0 Å². The van der Waals surface area contributed by atoms with Gasteiger partial charge in [-0.1, -0.05) is 20.8 Å². The number of halogens is 3. The van der Waals surface area contributed by atoms with Crippen molar-refractivity contribution in [2.45, 2.75) is 78.2 Å². The first-order valence-electron chi connectivity index (χ1n) is 7.82. The Bertz CT molecular complexity index is 392. The average Bonchev–Trinajstić information content (AvgIpc) is 2.77. The summed E-state index contributed by atoms with van der Waals surface area (Å²) in [6.45, 7) is 12.9. The van der Waals surface area contributed by atoms with Crippen LogP contribution >= 0.6 is 0 Å². The van der Waals surface area contributed by atoms with E-state index in [0.717, 1.165) is 12.8 Å². The quantitative estimate of drug-likeness (QED) is 0.853. The molecule has 1 saturated heterocycles. The third-order valence-corrected chi connectivity index (χ3v) is 4.99. The molecule has 2 nitrogen and oxygen atoms in total. The summed E-state index contributed by atoms with van der Waals surface area (Å²) in [4.78, 5) is 2.56. The summed E-state index contributed by atoms with van der Waals surface area (Å²) in [5, 5.41) is 2.64. The van der Waals surface area contributed by atoms with Gasteiger partial charge >= 0.3 is 6.18 Å². The number of rotatable bonds is 3. The smallest absolute Gasteiger partial charge is 0.308 e. The first kappa shape index (κ1) is 17.1.